The van der Waals surface area contributed by atoms with Crippen LogP contribution >= 0.6 is 0 Å². The van der Waals surface area contributed by atoms with Crippen LogP contribution in [0, 0.1) is 20.8 Å². The van der Waals surface area contributed by atoms with E-state index < -0.39 is 0 Å². The maximum Gasteiger partial charge on any atom is 0.125 e. The van der Waals surface area contributed by atoms with E-state index in [4.69, 9.17) is 4.74 Å². The largest absolute Gasteiger partial charge is 0.493 e. The summed E-state index contributed by atoms with van der Waals surface area (Å²) in [4.78, 5) is 0. The van der Waals surface area contributed by atoms with Crippen molar-refractivity contribution in [3.63, 3.8) is 0 Å². The molecule has 1 aromatic carbocycles. The van der Waals surface area contributed by atoms with E-state index in [0.29, 0.717) is 13.0 Å². The van der Waals surface area contributed by atoms with Crippen LogP contribution in [0.5, 0.6) is 5.75 Å². The highest BCUT2D eigenvalue weighted by Gasteiger charge is 2.07. The van der Waals surface area contributed by atoms with Gasteiger partial charge in [0.25, 0.3) is 0 Å². The summed E-state index contributed by atoms with van der Waals surface area (Å²) in [5, 5.41) is 9.45. The van der Waals surface area contributed by atoms with E-state index in [0.717, 1.165) is 17.7 Å². The standard InChI is InChI=1S/C14H22O2/c1-5-13(15)8-9-16-14-11(3)7-6-10(2)12(14)4/h6-7,13,15H,5,8-9H2,1-4H3. The fourth-order valence-corrected chi connectivity index (χ4v) is 1.65. The van der Waals surface area contributed by atoms with Gasteiger partial charge in [0, 0.05) is 6.42 Å². The van der Waals surface area contributed by atoms with E-state index in [-0.39, 0.29) is 6.10 Å². The van der Waals surface area contributed by atoms with Crippen LogP contribution in [0.1, 0.15) is 36.5 Å². The van der Waals surface area contributed by atoms with Gasteiger partial charge < -0.3 is 9.84 Å². The Kier molecular flexibility index (Phi) is 4.81. The maximum atomic E-state index is 9.45. The Bertz CT molecular complexity index is 345. The summed E-state index contributed by atoms with van der Waals surface area (Å²) in [5.41, 5.74) is 3.61. The molecule has 1 atom stereocenters. The lowest BCUT2D eigenvalue weighted by atomic mass is 10.1. The van der Waals surface area contributed by atoms with Gasteiger partial charge >= 0.3 is 0 Å². The van der Waals surface area contributed by atoms with Gasteiger partial charge in [-0.05, 0) is 43.9 Å². The van der Waals surface area contributed by atoms with Gasteiger partial charge in [0.2, 0.25) is 0 Å². The fourth-order valence-electron chi connectivity index (χ4n) is 1.65. The van der Waals surface area contributed by atoms with Crippen molar-refractivity contribution in [2.24, 2.45) is 0 Å². The molecule has 1 aromatic rings. The van der Waals surface area contributed by atoms with Crippen molar-refractivity contribution in [1.29, 1.82) is 0 Å². The van der Waals surface area contributed by atoms with Gasteiger partial charge in [0.1, 0.15) is 5.75 Å². The number of aliphatic hydroxyl groups is 1. The molecular weight excluding hydrogens is 200 g/mol. The van der Waals surface area contributed by atoms with Crippen LogP contribution in [0.2, 0.25) is 0 Å². The average Bonchev–Trinajstić information content (AvgIpc) is 2.28. The lowest BCUT2D eigenvalue weighted by molar-refractivity contribution is 0.135. The highest BCUT2D eigenvalue weighted by atomic mass is 16.5. The number of aliphatic hydroxyl groups excluding tert-OH is 1. The van der Waals surface area contributed by atoms with Crippen molar-refractivity contribution in [2.45, 2.75) is 46.6 Å². The first kappa shape index (κ1) is 13.0. The van der Waals surface area contributed by atoms with Gasteiger partial charge in [-0.25, -0.2) is 0 Å². The molecule has 0 aliphatic rings. The monoisotopic (exact) mass is 222 g/mol. The summed E-state index contributed by atoms with van der Waals surface area (Å²) >= 11 is 0. The van der Waals surface area contributed by atoms with Crippen LogP contribution in [0.25, 0.3) is 0 Å². The molecule has 2 nitrogen and oxygen atoms in total. The Morgan fingerprint density at radius 1 is 1.19 bits per heavy atom. The molecule has 0 radical (unpaired) electrons. The van der Waals surface area contributed by atoms with Crippen molar-refractivity contribution >= 4 is 0 Å². The average molecular weight is 222 g/mol. The molecule has 90 valence electrons. The van der Waals surface area contributed by atoms with Crippen LogP contribution in [0.3, 0.4) is 0 Å². The predicted octanol–water partition coefficient (Wildman–Crippen LogP) is 3.15. The van der Waals surface area contributed by atoms with Crippen LogP contribution in [-0.4, -0.2) is 17.8 Å². The first-order chi connectivity index (χ1) is 7.56. The number of hydrogen-bond acceptors (Lipinski definition) is 2. The number of rotatable bonds is 5. The van der Waals surface area contributed by atoms with E-state index in [1.807, 2.05) is 6.92 Å². The highest BCUT2D eigenvalue weighted by Crippen LogP contribution is 2.25. The topological polar surface area (TPSA) is 29.5 Å². The van der Waals surface area contributed by atoms with Gasteiger partial charge in [-0.15, -0.1) is 0 Å². The first-order valence-corrected chi connectivity index (χ1v) is 5.94. The molecule has 0 aliphatic heterocycles. The molecule has 0 saturated carbocycles. The molecule has 16 heavy (non-hydrogen) atoms. The summed E-state index contributed by atoms with van der Waals surface area (Å²) in [5.74, 6) is 0.975. The molecular formula is C14H22O2. The zero-order valence-corrected chi connectivity index (χ0v) is 10.7. The third-order valence-electron chi connectivity index (χ3n) is 3.04. The molecule has 0 bridgehead atoms. The molecule has 2 heteroatoms. The summed E-state index contributed by atoms with van der Waals surface area (Å²) in [7, 11) is 0. The molecule has 1 rings (SSSR count). The molecule has 1 unspecified atom stereocenters. The van der Waals surface area contributed by atoms with E-state index in [2.05, 4.69) is 32.9 Å². The van der Waals surface area contributed by atoms with E-state index >= 15 is 0 Å². The third kappa shape index (κ3) is 3.24. The van der Waals surface area contributed by atoms with E-state index in [1.54, 1.807) is 0 Å². The van der Waals surface area contributed by atoms with Crippen molar-refractivity contribution in [3.05, 3.63) is 28.8 Å². The number of benzene rings is 1. The molecule has 1 N–H and O–H groups in total. The number of aryl methyl sites for hydroxylation is 2. The second kappa shape index (κ2) is 5.90. The Balaban J connectivity index is 2.63. The molecule has 0 aliphatic carbocycles. The molecule has 0 amide bonds. The van der Waals surface area contributed by atoms with Gasteiger partial charge in [-0.2, -0.15) is 0 Å². The van der Waals surface area contributed by atoms with Gasteiger partial charge in [-0.1, -0.05) is 19.1 Å². The second-order valence-corrected chi connectivity index (χ2v) is 4.35. The Labute approximate surface area is 98.3 Å². The number of hydrogen-bond donors (Lipinski definition) is 1. The predicted molar refractivity (Wildman–Crippen MR) is 67.1 cm³/mol. The van der Waals surface area contributed by atoms with Crippen molar-refractivity contribution in [2.75, 3.05) is 6.61 Å². The Hall–Kier alpha value is -1.02. The van der Waals surface area contributed by atoms with Gasteiger partial charge in [-0.3, -0.25) is 0 Å². The van der Waals surface area contributed by atoms with Crippen LogP contribution in [0.15, 0.2) is 12.1 Å². The number of ether oxygens (including phenoxy) is 1. The Morgan fingerprint density at radius 3 is 2.44 bits per heavy atom. The van der Waals surface area contributed by atoms with Crippen molar-refractivity contribution < 1.29 is 9.84 Å². The van der Waals surface area contributed by atoms with Crippen LogP contribution in [0.4, 0.5) is 0 Å². The van der Waals surface area contributed by atoms with Crippen molar-refractivity contribution in [3.8, 4) is 5.75 Å². The maximum absolute atomic E-state index is 9.45. The third-order valence-corrected chi connectivity index (χ3v) is 3.04. The zero-order valence-electron chi connectivity index (χ0n) is 10.7. The van der Waals surface area contributed by atoms with Crippen LogP contribution < -0.4 is 4.74 Å². The fraction of sp³-hybridized carbons (Fsp3) is 0.571. The van der Waals surface area contributed by atoms with E-state index in [1.165, 1.54) is 11.1 Å². The van der Waals surface area contributed by atoms with Crippen molar-refractivity contribution in [1.82, 2.24) is 0 Å². The normalized spacial score (nSPS) is 12.6. The van der Waals surface area contributed by atoms with Gasteiger partial charge in [0.05, 0.1) is 12.7 Å². The summed E-state index contributed by atoms with van der Waals surface area (Å²) in [6.45, 7) is 8.78. The molecule has 0 heterocycles. The Morgan fingerprint density at radius 2 is 1.81 bits per heavy atom. The SMILES string of the molecule is CCC(O)CCOc1c(C)ccc(C)c1C. The lowest BCUT2D eigenvalue weighted by Crippen LogP contribution is -2.11. The highest BCUT2D eigenvalue weighted by molar-refractivity contribution is 5.44. The summed E-state index contributed by atoms with van der Waals surface area (Å²) in [6.07, 6.45) is 1.24. The quantitative estimate of drug-likeness (QED) is 0.829. The second-order valence-electron chi connectivity index (χ2n) is 4.35. The minimum absolute atomic E-state index is 0.245. The zero-order chi connectivity index (χ0) is 12.1. The minimum atomic E-state index is -0.245. The van der Waals surface area contributed by atoms with Crippen LogP contribution in [-0.2, 0) is 0 Å². The van der Waals surface area contributed by atoms with E-state index in [9.17, 15) is 5.11 Å². The molecule has 0 aromatic heterocycles. The summed E-state index contributed by atoms with van der Waals surface area (Å²) in [6, 6.07) is 4.19. The smallest absolute Gasteiger partial charge is 0.125 e. The first-order valence-electron chi connectivity index (χ1n) is 5.94. The summed E-state index contributed by atoms with van der Waals surface area (Å²) < 4.78 is 5.76. The molecule has 0 saturated heterocycles. The lowest BCUT2D eigenvalue weighted by Gasteiger charge is -2.15. The minimum Gasteiger partial charge on any atom is -0.493 e. The van der Waals surface area contributed by atoms with Gasteiger partial charge in [0.15, 0.2) is 0 Å². The molecule has 0 spiro atoms. The molecule has 0 fully saturated rings.